The van der Waals surface area contributed by atoms with Gasteiger partial charge in [0.1, 0.15) is 0 Å². The predicted octanol–water partition coefficient (Wildman–Crippen LogP) is 3.61. The van der Waals surface area contributed by atoms with Crippen molar-refractivity contribution in [1.29, 1.82) is 0 Å². The second-order valence-electron chi connectivity index (χ2n) is 9.39. The Labute approximate surface area is 185 Å². The van der Waals surface area contributed by atoms with Crippen LogP contribution in [-0.4, -0.2) is 53.7 Å². The third-order valence-electron chi connectivity index (χ3n) is 7.30. The number of fused-ring (bicyclic) bond motifs is 1. The molecule has 1 aromatic carbocycles. The maximum atomic E-state index is 12.7. The van der Waals surface area contributed by atoms with Crippen molar-refractivity contribution in [2.75, 3.05) is 31.5 Å². The van der Waals surface area contributed by atoms with Gasteiger partial charge in [0.05, 0.1) is 0 Å². The maximum Gasteiger partial charge on any atom is 0.227 e. The van der Waals surface area contributed by atoms with Crippen molar-refractivity contribution in [3.05, 3.63) is 29.8 Å². The Morgan fingerprint density at radius 3 is 2.16 bits per heavy atom. The third kappa shape index (κ3) is 5.66. The summed E-state index contributed by atoms with van der Waals surface area (Å²) in [5, 5.41) is 2.96. The van der Waals surface area contributed by atoms with Crippen molar-refractivity contribution in [2.24, 2.45) is 11.8 Å². The minimum absolute atomic E-state index is 0.0138. The monoisotopic (exact) mass is 425 g/mol. The van der Waals surface area contributed by atoms with Gasteiger partial charge in [-0.2, -0.15) is 0 Å². The lowest BCUT2D eigenvalue weighted by Gasteiger charge is -2.35. The van der Waals surface area contributed by atoms with E-state index in [1.54, 1.807) is 0 Å². The quantitative estimate of drug-likeness (QED) is 0.757. The SMILES string of the molecule is O=C1Nc2ccccc2CC1CCC(=O)N1CCN(C(=O)CCC2CCCCC2)CC1. The van der Waals surface area contributed by atoms with Gasteiger partial charge in [0.25, 0.3) is 0 Å². The fourth-order valence-corrected chi connectivity index (χ4v) is 5.27. The molecule has 6 nitrogen and oxygen atoms in total. The molecule has 1 aromatic rings. The number of nitrogens with zero attached hydrogens (tertiary/aromatic N) is 2. The number of amides is 3. The molecule has 1 unspecified atom stereocenters. The second kappa shape index (κ2) is 10.3. The third-order valence-corrected chi connectivity index (χ3v) is 7.30. The summed E-state index contributed by atoms with van der Waals surface area (Å²) in [5.41, 5.74) is 2.03. The van der Waals surface area contributed by atoms with Gasteiger partial charge in [-0.15, -0.1) is 0 Å². The van der Waals surface area contributed by atoms with Crippen LogP contribution in [-0.2, 0) is 20.8 Å². The van der Waals surface area contributed by atoms with Crippen molar-refractivity contribution in [2.45, 2.75) is 64.2 Å². The highest BCUT2D eigenvalue weighted by Crippen LogP contribution is 2.29. The van der Waals surface area contributed by atoms with Crippen LogP contribution < -0.4 is 5.32 Å². The van der Waals surface area contributed by atoms with Crippen LogP contribution in [0.15, 0.2) is 24.3 Å². The van der Waals surface area contributed by atoms with Crippen LogP contribution in [0.25, 0.3) is 0 Å². The Hall–Kier alpha value is -2.37. The summed E-state index contributed by atoms with van der Waals surface area (Å²) in [6.45, 7) is 2.47. The number of carbonyl (C=O) groups is 3. The highest BCUT2D eigenvalue weighted by molar-refractivity contribution is 5.96. The first-order valence-corrected chi connectivity index (χ1v) is 12.0. The van der Waals surface area contributed by atoms with Crippen LogP contribution in [0.2, 0.25) is 0 Å². The number of benzene rings is 1. The van der Waals surface area contributed by atoms with Crippen LogP contribution >= 0.6 is 0 Å². The van der Waals surface area contributed by atoms with Crippen LogP contribution in [0.4, 0.5) is 5.69 Å². The number of anilines is 1. The van der Waals surface area contributed by atoms with Gasteiger partial charge in [-0.1, -0.05) is 50.3 Å². The molecule has 6 heteroatoms. The first-order valence-electron chi connectivity index (χ1n) is 12.0. The van der Waals surface area contributed by atoms with Crippen molar-refractivity contribution < 1.29 is 14.4 Å². The average Bonchev–Trinajstić information content (AvgIpc) is 2.81. The zero-order chi connectivity index (χ0) is 21.6. The molecule has 168 valence electrons. The van der Waals surface area contributed by atoms with E-state index in [2.05, 4.69) is 5.32 Å². The van der Waals surface area contributed by atoms with Gasteiger partial charge in [-0.25, -0.2) is 0 Å². The Morgan fingerprint density at radius 1 is 0.871 bits per heavy atom. The molecule has 2 fully saturated rings. The van der Waals surface area contributed by atoms with Crippen LogP contribution in [0, 0.1) is 11.8 Å². The first-order chi connectivity index (χ1) is 15.1. The lowest BCUT2D eigenvalue weighted by molar-refractivity contribution is -0.140. The number of hydrogen-bond acceptors (Lipinski definition) is 3. The molecule has 2 aliphatic heterocycles. The van der Waals surface area contributed by atoms with E-state index in [1.165, 1.54) is 32.1 Å². The number of piperazine rings is 1. The highest BCUT2D eigenvalue weighted by Gasteiger charge is 2.29. The molecule has 4 rings (SSSR count). The molecule has 0 radical (unpaired) electrons. The van der Waals surface area contributed by atoms with E-state index in [0.29, 0.717) is 51.9 Å². The van der Waals surface area contributed by atoms with Gasteiger partial charge in [0.15, 0.2) is 0 Å². The second-order valence-corrected chi connectivity index (χ2v) is 9.39. The summed E-state index contributed by atoms with van der Waals surface area (Å²) in [4.78, 5) is 41.4. The maximum absolute atomic E-state index is 12.7. The number of nitrogens with one attached hydrogen (secondary N) is 1. The summed E-state index contributed by atoms with van der Waals surface area (Å²) in [6, 6.07) is 7.86. The highest BCUT2D eigenvalue weighted by atomic mass is 16.2. The zero-order valence-corrected chi connectivity index (χ0v) is 18.5. The van der Waals surface area contributed by atoms with Crippen LogP contribution in [0.5, 0.6) is 0 Å². The lowest BCUT2D eigenvalue weighted by atomic mass is 9.86. The van der Waals surface area contributed by atoms with Gasteiger partial charge < -0.3 is 15.1 Å². The van der Waals surface area contributed by atoms with E-state index in [1.807, 2.05) is 34.1 Å². The Bertz CT molecular complexity index is 795. The zero-order valence-electron chi connectivity index (χ0n) is 18.5. The van der Waals surface area contributed by atoms with Gasteiger partial charge in [0.2, 0.25) is 17.7 Å². The molecular formula is C25H35N3O3. The van der Waals surface area contributed by atoms with Gasteiger partial charge >= 0.3 is 0 Å². The first kappa shape index (κ1) is 21.8. The molecular weight excluding hydrogens is 390 g/mol. The van der Waals surface area contributed by atoms with Crippen LogP contribution in [0.1, 0.15) is 63.4 Å². The van der Waals surface area contributed by atoms with Gasteiger partial charge in [0, 0.05) is 50.6 Å². The summed E-state index contributed by atoms with van der Waals surface area (Å²) in [5.74, 6) is 0.932. The molecule has 0 aromatic heterocycles. The number of rotatable bonds is 6. The summed E-state index contributed by atoms with van der Waals surface area (Å²) < 4.78 is 0. The molecule has 0 bridgehead atoms. The van der Waals surface area contributed by atoms with Crippen LogP contribution in [0.3, 0.4) is 0 Å². The summed E-state index contributed by atoms with van der Waals surface area (Å²) in [6.07, 6.45) is 9.85. The van der Waals surface area contributed by atoms with Gasteiger partial charge in [-0.3, -0.25) is 14.4 Å². The van der Waals surface area contributed by atoms with Crippen molar-refractivity contribution in [1.82, 2.24) is 9.80 Å². The molecule has 2 heterocycles. The Morgan fingerprint density at radius 2 is 1.48 bits per heavy atom. The molecule has 1 saturated carbocycles. The Kier molecular flexibility index (Phi) is 7.25. The van der Waals surface area contributed by atoms with E-state index < -0.39 is 0 Å². The van der Waals surface area contributed by atoms with E-state index in [9.17, 15) is 14.4 Å². The minimum Gasteiger partial charge on any atom is -0.339 e. The largest absolute Gasteiger partial charge is 0.339 e. The average molecular weight is 426 g/mol. The van der Waals surface area contributed by atoms with E-state index in [-0.39, 0.29) is 23.6 Å². The normalized spacial score (nSPS) is 22.1. The molecule has 1 atom stereocenters. The molecule has 1 N–H and O–H groups in total. The lowest BCUT2D eigenvalue weighted by Crippen LogP contribution is -2.50. The fraction of sp³-hybridized carbons (Fsp3) is 0.640. The van der Waals surface area contributed by atoms with E-state index in [0.717, 1.165) is 23.6 Å². The molecule has 31 heavy (non-hydrogen) atoms. The Balaban J connectivity index is 1.17. The minimum atomic E-state index is -0.151. The summed E-state index contributed by atoms with van der Waals surface area (Å²) >= 11 is 0. The van der Waals surface area contributed by atoms with Crippen molar-refractivity contribution in [3.63, 3.8) is 0 Å². The topological polar surface area (TPSA) is 69.7 Å². The molecule has 1 saturated heterocycles. The van der Waals surface area contributed by atoms with Gasteiger partial charge in [-0.05, 0) is 36.8 Å². The number of hydrogen-bond donors (Lipinski definition) is 1. The fourth-order valence-electron chi connectivity index (χ4n) is 5.27. The number of carbonyl (C=O) groups excluding carboxylic acids is 3. The predicted molar refractivity (Wildman–Crippen MR) is 120 cm³/mol. The molecule has 3 aliphatic rings. The van der Waals surface area contributed by atoms with E-state index >= 15 is 0 Å². The molecule has 0 spiro atoms. The smallest absolute Gasteiger partial charge is 0.227 e. The van der Waals surface area contributed by atoms with Crippen molar-refractivity contribution in [3.8, 4) is 0 Å². The van der Waals surface area contributed by atoms with E-state index in [4.69, 9.17) is 0 Å². The molecule has 1 aliphatic carbocycles. The summed E-state index contributed by atoms with van der Waals surface area (Å²) in [7, 11) is 0. The molecule has 3 amide bonds. The van der Waals surface area contributed by atoms with Crippen molar-refractivity contribution >= 4 is 23.4 Å². The number of para-hydroxylation sites is 1. The standard InChI is InChI=1S/C25H35N3O3/c29-23(12-10-19-6-2-1-3-7-19)27-14-16-28(17-15-27)24(30)13-11-21-18-20-8-4-5-9-22(20)26-25(21)31/h4-5,8-9,19,21H,1-3,6-7,10-18H2,(H,26,31).